The van der Waals surface area contributed by atoms with E-state index < -0.39 is 35.6 Å². The summed E-state index contributed by atoms with van der Waals surface area (Å²) in [6.45, 7) is 3.09. The van der Waals surface area contributed by atoms with Gasteiger partial charge in [0.05, 0.1) is 20.6 Å². The minimum Gasteiger partial charge on any atom is -0.493 e. The Morgan fingerprint density at radius 2 is 1.10 bits per heavy atom. The Balaban J connectivity index is 2.00. The molecule has 0 spiro atoms. The first-order valence-electron chi connectivity index (χ1n) is 11.7. The predicted molar refractivity (Wildman–Crippen MR) is 144 cm³/mol. The number of carbonyl (C=O) groups excluding carboxylic acids is 4. The first-order valence-corrected chi connectivity index (χ1v) is 11.7. The smallest absolute Gasteiger partial charge is 0.329 e. The molecule has 0 amide bonds. The Hall–Kier alpha value is -4.36. The second-order valence-electron chi connectivity index (χ2n) is 8.22. The van der Waals surface area contributed by atoms with E-state index in [0.29, 0.717) is 11.1 Å². The van der Waals surface area contributed by atoms with Crippen LogP contribution < -0.4 is 41.5 Å². The molecule has 0 saturated heterocycles. The average Bonchev–Trinajstić information content (AvgIpc) is 2.94. The van der Waals surface area contributed by atoms with E-state index in [4.69, 9.17) is 30.6 Å². The molecule has 12 heteroatoms. The summed E-state index contributed by atoms with van der Waals surface area (Å²) in [4.78, 5) is 48.5. The minimum absolute atomic E-state index is 0.193. The standard InChI is InChI=1S/C27H32N4O8/c1-16(30-28)26(34)38-22-11-7-18(13-24(22)36-3)5-9-20(32)15-21(33)10-6-19-8-12-23(25(14-19)37-4)39-27(35)17(2)31-29/h5-14,16-17,30-31H,15,28-29H2,1-4H3/b9-5+,10-6+. The second-order valence-corrected chi connectivity index (χ2v) is 8.22. The number of hydrogen-bond acceptors (Lipinski definition) is 12. The summed E-state index contributed by atoms with van der Waals surface area (Å²) in [5.74, 6) is 9.42. The SMILES string of the molecule is COc1cc(/C=C/C(=O)CC(=O)/C=C/c2ccc(OC(=O)C(C)NN)c(OC)c2)ccc1OC(=O)C(C)NN. The summed E-state index contributed by atoms with van der Waals surface area (Å²) >= 11 is 0. The molecule has 2 aromatic carbocycles. The van der Waals surface area contributed by atoms with Crippen LogP contribution in [0.25, 0.3) is 12.2 Å². The van der Waals surface area contributed by atoms with Gasteiger partial charge in [-0.2, -0.15) is 0 Å². The van der Waals surface area contributed by atoms with Gasteiger partial charge in [0, 0.05) is 0 Å². The summed E-state index contributed by atoms with van der Waals surface area (Å²) in [6.07, 6.45) is 5.24. The van der Waals surface area contributed by atoms with Gasteiger partial charge in [-0.05, 0) is 61.4 Å². The zero-order valence-corrected chi connectivity index (χ0v) is 22.1. The van der Waals surface area contributed by atoms with E-state index >= 15 is 0 Å². The number of esters is 2. The van der Waals surface area contributed by atoms with Crippen molar-refractivity contribution in [1.29, 1.82) is 0 Å². The number of hydrazine groups is 2. The summed E-state index contributed by atoms with van der Waals surface area (Å²) in [5.41, 5.74) is 5.78. The second kappa shape index (κ2) is 15.1. The van der Waals surface area contributed by atoms with E-state index in [1.54, 1.807) is 38.1 Å². The number of carbonyl (C=O) groups is 4. The van der Waals surface area contributed by atoms with E-state index in [1.807, 2.05) is 0 Å². The first-order chi connectivity index (χ1) is 18.6. The zero-order valence-electron chi connectivity index (χ0n) is 22.1. The van der Waals surface area contributed by atoms with Gasteiger partial charge in [0.1, 0.15) is 12.1 Å². The highest BCUT2D eigenvalue weighted by Gasteiger charge is 2.17. The molecule has 0 fully saturated rings. The van der Waals surface area contributed by atoms with Gasteiger partial charge in [-0.25, -0.2) is 20.4 Å². The number of nitrogens with two attached hydrogens (primary N) is 2. The van der Waals surface area contributed by atoms with Gasteiger partial charge >= 0.3 is 11.9 Å². The van der Waals surface area contributed by atoms with Gasteiger partial charge in [-0.3, -0.25) is 21.3 Å². The van der Waals surface area contributed by atoms with Crippen LogP contribution in [0.3, 0.4) is 0 Å². The Morgan fingerprint density at radius 1 is 0.718 bits per heavy atom. The lowest BCUT2D eigenvalue weighted by Crippen LogP contribution is -2.41. The summed E-state index contributed by atoms with van der Waals surface area (Å²) < 4.78 is 21.0. The van der Waals surface area contributed by atoms with Crippen LogP contribution in [0.4, 0.5) is 0 Å². The molecule has 208 valence electrons. The fraction of sp³-hybridized carbons (Fsp3) is 0.259. The van der Waals surface area contributed by atoms with Gasteiger partial charge in [0.15, 0.2) is 34.6 Å². The number of methoxy groups -OCH3 is 2. The number of rotatable bonds is 14. The molecule has 0 aliphatic rings. The molecule has 2 aromatic rings. The van der Waals surface area contributed by atoms with Gasteiger partial charge in [0.25, 0.3) is 0 Å². The largest absolute Gasteiger partial charge is 0.493 e. The highest BCUT2D eigenvalue weighted by Crippen LogP contribution is 2.30. The fourth-order valence-corrected chi connectivity index (χ4v) is 2.94. The number of nitrogens with one attached hydrogen (secondary N) is 2. The van der Waals surface area contributed by atoms with E-state index in [-0.39, 0.29) is 29.4 Å². The average molecular weight is 541 g/mol. The Morgan fingerprint density at radius 3 is 1.44 bits per heavy atom. The van der Waals surface area contributed by atoms with Crippen molar-refractivity contribution < 1.29 is 38.1 Å². The summed E-state index contributed by atoms with van der Waals surface area (Å²) in [5, 5.41) is 0. The molecule has 2 unspecified atom stereocenters. The van der Waals surface area contributed by atoms with Crippen LogP contribution in [0.15, 0.2) is 48.6 Å². The monoisotopic (exact) mass is 540 g/mol. The summed E-state index contributed by atoms with van der Waals surface area (Å²) in [6, 6.07) is 8.02. The molecule has 6 N–H and O–H groups in total. The number of ether oxygens (including phenoxy) is 4. The van der Waals surface area contributed by atoms with Crippen molar-refractivity contribution in [3.63, 3.8) is 0 Å². The third-order valence-electron chi connectivity index (χ3n) is 5.28. The van der Waals surface area contributed by atoms with Crippen LogP contribution >= 0.6 is 0 Å². The van der Waals surface area contributed by atoms with Crippen LogP contribution in [-0.4, -0.2) is 49.8 Å². The Kier molecular flexibility index (Phi) is 12.0. The Labute approximate surface area is 225 Å². The van der Waals surface area contributed by atoms with Crippen molar-refractivity contribution >= 4 is 35.7 Å². The molecule has 12 nitrogen and oxygen atoms in total. The number of ketones is 2. The van der Waals surface area contributed by atoms with Gasteiger partial charge in [0.2, 0.25) is 0 Å². The number of allylic oxidation sites excluding steroid dienone is 2. The first kappa shape index (κ1) is 30.9. The van der Waals surface area contributed by atoms with Crippen molar-refractivity contribution in [2.75, 3.05) is 14.2 Å². The number of hydrogen-bond donors (Lipinski definition) is 4. The van der Waals surface area contributed by atoms with Crippen molar-refractivity contribution in [3.05, 3.63) is 59.7 Å². The van der Waals surface area contributed by atoms with Crippen LogP contribution in [0, 0.1) is 0 Å². The fourth-order valence-electron chi connectivity index (χ4n) is 2.94. The maximum atomic E-state index is 12.3. The van der Waals surface area contributed by atoms with E-state index in [2.05, 4.69) is 10.9 Å². The zero-order chi connectivity index (χ0) is 28.9. The molecule has 0 heterocycles. The third kappa shape index (κ3) is 9.47. The van der Waals surface area contributed by atoms with Crippen molar-refractivity contribution in [1.82, 2.24) is 10.9 Å². The van der Waals surface area contributed by atoms with Gasteiger partial charge < -0.3 is 18.9 Å². The molecule has 2 atom stereocenters. The van der Waals surface area contributed by atoms with E-state index in [0.717, 1.165) is 0 Å². The van der Waals surface area contributed by atoms with Crippen molar-refractivity contribution in [2.24, 2.45) is 11.7 Å². The van der Waals surface area contributed by atoms with Crippen LogP contribution in [0.5, 0.6) is 23.0 Å². The lowest BCUT2D eigenvalue weighted by Gasteiger charge is -2.13. The Bertz CT molecular complexity index is 1160. The minimum atomic E-state index is -0.715. The van der Waals surface area contributed by atoms with Crippen LogP contribution in [0.2, 0.25) is 0 Å². The maximum Gasteiger partial charge on any atom is 0.329 e. The lowest BCUT2D eigenvalue weighted by atomic mass is 10.1. The van der Waals surface area contributed by atoms with Gasteiger partial charge in [-0.15, -0.1) is 0 Å². The molecular weight excluding hydrogens is 508 g/mol. The van der Waals surface area contributed by atoms with Crippen LogP contribution in [0.1, 0.15) is 31.4 Å². The molecule has 0 aromatic heterocycles. The lowest BCUT2D eigenvalue weighted by molar-refractivity contribution is -0.137. The van der Waals surface area contributed by atoms with Crippen molar-refractivity contribution in [3.8, 4) is 23.0 Å². The molecule has 0 saturated carbocycles. The maximum absolute atomic E-state index is 12.3. The van der Waals surface area contributed by atoms with Crippen molar-refractivity contribution in [2.45, 2.75) is 32.4 Å². The molecule has 0 aliphatic carbocycles. The highest BCUT2D eigenvalue weighted by atomic mass is 16.6. The quantitative estimate of drug-likeness (QED) is 0.0677. The molecule has 0 aliphatic heterocycles. The molecule has 0 bridgehead atoms. The van der Waals surface area contributed by atoms with E-state index in [1.165, 1.54) is 50.7 Å². The molecule has 39 heavy (non-hydrogen) atoms. The highest BCUT2D eigenvalue weighted by molar-refractivity contribution is 6.10. The molecule has 0 radical (unpaired) electrons. The van der Waals surface area contributed by atoms with Crippen LogP contribution in [-0.2, 0) is 19.2 Å². The van der Waals surface area contributed by atoms with E-state index in [9.17, 15) is 19.2 Å². The van der Waals surface area contributed by atoms with Gasteiger partial charge in [-0.1, -0.05) is 24.3 Å². The third-order valence-corrected chi connectivity index (χ3v) is 5.28. The number of benzene rings is 2. The predicted octanol–water partition coefficient (Wildman–Crippen LogP) is 1.47. The molecule has 2 rings (SSSR count). The normalized spacial score (nSPS) is 12.7. The molecular formula is C27H32N4O8. The topological polar surface area (TPSA) is 181 Å². The summed E-state index contributed by atoms with van der Waals surface area (Å²) in [7, 11) is 2.83.